The first kappa shape index (κ1) is 19.4. The molecule has 0 bridgehead atoms. The SMILES string of the molecule is CC.CC1CCC(NC(=O)CCCCN2CCN(C)CC2)C1. The van der Waals surface area contributed by atoms with Gasteiger partial charge in [-0.2, -0.15) is 0 Å². The first-order valence-electron chi connectivity index (χ1n) is 9.34. The van der Waals surface area contributed by atoms with E-state index in [9.17, 15) is 4.79 Å². The van der Waals surface area contributed by atoms with Gasteiger partial charge in [-0.15, -0.1) is 0 Å². The molecule has 1 N–H and O–H groups in total. The quantitative estimate of drug-likeness (QED) is 0.766. The van der Waals surface area contributed by atoms with Crippen LogP contribution in [0.3, 0.4) is 0 Å². The number of nitrogens with one attached hydrogen (secondary N) is 1. The third-order valence-electron chi connectivity index (χ3n) is 4.78. The van der Waals surface area contributed by atoms with Gasteiger partial charge in [-0.1, -0.05) is 20.8 Å². The van der Waals surface area contributed by atoms with Gasteiger partial charge in [0.2, 0.25) is 5.91 Å². The number of hydrogen-bond donors (Lipinski definition) is 1. The van der Waals surface area contributed by atoms with E-state index in [2.05, 4.69) is 29.1 Å². The maximum Gasteiger partial charge on any atom is 0.220 e. The van der Waals surface area contributed by atoms with Crippen molar-refractivity contribution in [3.63, 3.8) is 0 Å². The van der Waals surface area contributed by atoms with Gasteiger partial charge in [0.1, 0.15) is 0 Å². The topological polar surface area (TPSA) is 35.6 Å². The van der Waals surface area contributed by atoms with Crippen molar-refractivity contribution in [2.75, 3.05) is 39.8 Å². The summed E-state index contributed by atoms with van der Waals surface area (Å²) >= 11 is 0. The maximum absolute atomic E-state index is 11.9. The molecule has 0 aromatic carbocycles. The summed E-state index contributed by atoms with van der Waals surface area (Å²) in [6, 6.07) is 0.454. The second-order valence-corrected chi connectivity index (χ2v) is 6.78. The lowest BCUT2D eigenvalue weighted by Crippen LogP contribution is -2.44. The van der Waals surface area contributed by atoms with E-state index >= 15 is 0 Å². The molecule has 2 rings (SSSR count). The zero-order chi connectivity index (χ0) is 16.4. The molecule has 2 fully saturated rings. The number of piperazine rings is 1. The molecule has 1 aliphatic carbocycles. The van der Waals surface area contributed by atoms with Crippen LogP contribution in [0.15, 0.2) is 0 Å². The van der Waals surface area contributed by atoms with Crippen molar-refractivity contribution < 1.29 is 4.79 Å². The van der Waals surface area contributed by atoms with E-state index in [1.165, 1.54) is 45.4 Å². The van der Waals surface area contributed by atoms with Crippen molar-refractivity contribution in [1.29, 1.82) is 0 Å². The monoisotopic (exact) mass is 311 g/mol. The fraction of sp³-hybridized carbons (Fsp3) is 0.944. The van der Waals surface area contributed by atoms with Gasteiger partial charge in [-0.25, -0.2) is 0 Å². The molecule has 2 atom stereocenters. The number of carbonyl (C=O) groups excluding carboxylic acids is 1. The maximum atomic E-state index is 11.9. The largest absolute Gasteiger partial charge is 0.353 e. The third-order valence-corrected chi connectivity index (χ3v) is 4.78. The van der Waals surface area contributed by atoms with Crippen molar-refractivity contribution >= 4 is 5.91 Å². The Hall–Kier alpha value is -0.610. The molecule has 4 heteroatoms. The van der Waals surface area contributed by atoms with Crippen LogP contribution in [0.4, 0.5) is 0 Å². The van der Waals surface area contributed by atoms with Crippen LogP contribution in [-0.2, 0) is 4.79 Å². The van der Waals surface area contributed by atoms with E-state index in [1.54, 1.807) is 0 Å². The summed E-state index contributed by atoms with van der Waals surface area (Å²) in [6.07, 6.45) is 6.51. The molecule has 0 aromatic heterocycles. The first-order chi connectivity index (χ1) is 10.6. The molecule has 1 amide bonds. The summed E-state index contributed by atoms with van der Waals surface area (Å²) in [7, 11) is 2.19. The molecule has 0 aromatic rings. The van der Waals surface area contributed by atoms with Crippen LogP contribution < -0.4 is 5.32 Å². The molecular formula is C18H37N3O. The summed E-state index contributed by atoms with van der Waals surface area (Å²) in [5.41, 5.74) is 0. The predicted molar refractivity (Wildman–Crippen MR) is 94.1 cm³/mol. The summed E-state index contributed by atoms with van der Waals surface area (Å²) in [5.74, 6) is 1.06. The Morgan fingerprint density at radius 2 is 1.77 bits per heavy atom. The smallest absolute Gasteiger partial charge is 0.220 e. The van der Waals surface area contributed by atoms with Gasteiger partial charge >= 0.3 is 0 Å². The second kappa shape index (κ2) is 11.0. The highest BCUT2D eigenvalue weighted by Gasteiger charge is 2.22. The lowest BCUT2D eigenvalue weighted by Gasteiger charge is -2.32. The number of nitrogens with zero attached hydrogens (tertiary/aromatic N) is 2. The molecule has 1 heterocycles. The Balaban J connectivity index is 0.00000116. The number of hydrogen-bond acceptors (Lipinski definition) is 3. The number of carbonyl (C=O) groups is 1. The molecular weight excluding hydrogens is 274 g/mol. The Morgan fingerprint density at radius 3 is 2.36 bits per heavy atom. The Kier molecular flexibility index (Phi) is 9.73. The molecule has 2 aliphatic rings. The van der Waals surface area contributed by atoms with Crippen LogP contribution >= 0.6 is 0 Å². The van der Waals surface area contributed by atoms with Gasteiger partial charge in [0.25, 0.3) is 0 Å². The summed E-state index contributed by atoms with van der Waals surface area (Å²) in [4.78, 5) is 16.8. The summed E-state index contributed by atoms with van der Waals surface area (Å²) in [5, 5.41) is 3.19. The zero-order valence-electron chi connectivity index (χ0n) is 15.2. The Labute approximate surface area is 137 Å². The number of unbranched alkanes of at least 4 members (excludes halogenated alkanes) is 1. The molecule has 4 nitrogen and oxygen atoms in total. The average molecular weight is 312 g/mol. The van der Waals surface area contributed by atoms with E-state index in [0.717, 1.165) is 25.3 Å². The molecule has 0 spiro atoms. The van der Waals surface area contributed by atoms with E-state index in [-0.39, 0.29) is 5.91 Å². The Morgan fingerprint density at radius 1 is 1.09 bits per heavy atom. The predicted octanol–water partition coefficient (Wildman–Crippen LogP) is 2.74. The van der Waals surface area contributed by atoms with Crippen molar-refractivity contribution in [3.8, 4) is 0 Å². The number of rotatable bonds is 6. The van der Waals surface area contributed by atoms with Gasteiger partial charge in [-0.3, -0.25) is 4.79 Å². The van der Waals surface area contributed by atoms with Gasteiger partial charge in [-0.05, 0) is 51.6 Å². The number of likely N-dealkylation sites (N-methyl/N-ethyl adjacent to an activating group) is 1. The van der Waals surface area contributed by atoms with Crippen LogP contribution in [0.2, 0.25) is 0 Å². The van der Waals surface area contributed by atoms with E-state index in [0.29, 0.717) is 12.5 Å². The summed E-state index contributed by atoms with van der Waals surface area (Å²) < 4.78 is 0. The van der Waals surface area contributed by atoms with E-state index < -0.39 is 0 Å². The minimum Gasteiger partial charge on any atom is -0.353 e. The molecule has 1 aliphatic heterocycles. The third kappa shape index (κ3) is 7.59. The van der Waals surface area contributed by atoms with Gasteiger partial charge < -0.3 is 15.1 Å². The van der Waals surface area contributed by atoms with Crippen LogP contribution in [0.5, 0.6) is 0 Å². The van der Waals surface area contributed by atoms with Crippen LogP contribution in [0, 0.1) is 5.92 Å². The van der Waals surface area contributed by atoms with Crippen LogP contribution in [0.1, 0.15) is 59.3 Å². The Bertz CT molecular complexity index is 301. The zero-order valence-corrected chi connectivity index (χ0v) is 15.2. The molecule has 22 heavy (non-hydrogen) atoms. The van der Waals surface area contributed by atoms with E-state index in [4.69, 9.17) is 0 Å². The standard InChI is InChI=1S/C16H31N3O.C2H6/c1-14-6-7-15(13-14)17-16(20)5-3-4-8-19-11-9-18(2)10-12-19;1-2/h14-15H,3-13H2,1-2H3,(H,17,20);1-2H3. The van der Waals surface area contributed by atoms with Crippen molar-refractivity contribution in [1.82, 2.24) is 15.1 Å². The first-order valence-corrected chi connectivity index (χ1v) is 9.34. The average Bonchev–Trinajstić information content (AvgIpc) is 2.92. The van der Waals surface area contributed by atoms with Crippen molar-refractivity contribution in [2.45, 2.75) is 65.3 Å². The van der Waals surface area contributed by atoms with Crippen LogP contribution in [0.25, 0.3) is 0 Å². The van der Waals surface area contributed by atoms with Crippen LogP contribution in [-0.4, -0.2) is 61.5 Å². The van der Waals surface area contributed by atoms with Crippen molar-refractivity contribution in [2.24, 2.45) is 5.92 Å². The molecule has 1 saturated heterocycles. The molecule has 2 unspecified atom stereocenters. The number of amides is 1. The molecule has 1 saturated carbocycles. The van der Waals surface area contributed by atoms with Crippen molar-refractivity contribution in [3.05, 3.63) is 0 Å². The highest BCUT2D eigenvalue weighted by atomic mass is 16.1. The molecule has 0 radical (unpaired) electrons. The van der Waals surface area contributed by atoms with Gasteiger partial charge in [0, 0.05) is 38.6 Å². The highest BCUT2D eigenvalue weighted by Crippen LogP contribution is 2.24. The lowest BCUT2D eigenvalue weighted by atomic mass is 10.1. The van der Waals surface area contributed by atoms with Gasteiger partial charge in [0.15, 0.2) is 0 Å². The van der Waals surface area contributed by atoms with Gasteiger partial charge in [0.05, 0.1) is 0 Å². The second-order valence-electron chi connectivity index (χ2n) is 6.78. The lowest BCUT2D eigenvalue weighted by molar-refractivity contribution is -0.121. The van der Waals surface area contributed by atoms with E-state index in [1.807, 2.05) is 13.8 Å². The fourth-order valence-corrected chi connectivity index (χ4v) is 3.33. The minimum atomic E-state index is 0.266. The normalized spacial score (nSPS) is 26.4. The summed E-state index contributed by atoms with van der Waals surface area (Å²) in [6.45, 7) is 12.2. The highest BCUT2D eigenvalue weighted by molar-refractivity contribution is 5.76. The minimum absolute atomic E-state index is 0.266. The molecule has 130 valence electrons. The fourth-order valence-electron chi connectivity index (χ4n) is 3.33.